The molecule has 0 radical (unpaired) electrons. The Morgan fingerprint density at radius 1 is 1.08 bits per heavy atom. The molecular formula is C26H34Cl2FN3O4S. The van der Waals surface area contributed by atoms with Crippen LogP contribution in [0.5, 0.6) is 0 Å². The van der Waals surface area contributed by atoms with Gasteiger partial charge in [-0.25, -0.2) is 12.8 Å². The van der Waals surface area contributed by atoms with Gasteiger partial charge in [0.15, 0.2) is 0 Å². The number of anilines is 1. The Balaban J connectivity index is 2.25. The van der Waals surface area contributed by atoms with E-state index in [1.165, 1.54) is 23.1 Å². The largest absolute Gasteiger partial charge is 0.354 e. The SMILES string of the molecule is CC[C@H](C(=O)NCC(C)C)N(Cc1ccc(Cl)c(Cl)c1)C(=O)CCCN(c1ccccc1F)S(C)(=O)=O. The van der Waals surface area contributed by atoms with Crippen molar-refractivity contribution in [3.63, 3.8) is 0 Å². The second-order valence-electron chi connectivity index (χ2n) is 9.22. The van der Waals surface area contributed by atoms with Crippen LogP contribution in [0.4, 0.5) is 10.1 Å². The number of halogens is 3. The molecule has 204 valence electrons. The van der Waals surface area contributed by atoms with Crippen LogP contribution >= 0.6 is 23.2 Å². The maximum Gasteiger partial charge on any atom is 0.242 e. The Bertz CT molecular complexity index is 1190. The van der Waals surface area contributed by atoms with Crippen LogP contribution in [0.2, 0.25) is 10.0 Å². The highest BCUT2D eigenvalue weighted by Gasteiger charge is 2.29. The van der Waals surface area contributed by atoms with Crippen LogP contribution in [0.25, 0.3) is 0 Å². The molecule has 7 nitrogen and oxygen atoms in total. The summed E-state index contributed by atoms with van der Waals surface area (Å²) in [4.78, 5) is 27.9. The number of benzene rings is 2. The van der Waals surface area contributed by atoms with E-state index < -0.39 is 21.9 Å². The number of nitrogens with one attached hydrogen (secondary N) is 1. The number of hydrogen-bond acceptors (Lipinski definition) is 4. The van der Waals surface area contributed by atoms with Gasteiger partial charge in [0.05, 0.1) is 22.0 Å². The Labute approximate surface area is 229 Å². The minimum atomic E-state index is -3.79. The summed E-state index contributed by atoms with van der Waals surface area (Å²) >= 11 is 12.2. The van der Waals surface area contributed by atoms with Gasteiger partial charge in [0.1, 0.15) is 11.9 Å². The van der Waals surface area contributed by atoms with E-state index in [9.17, 15) is 22.4 Å². The van der Waals surface area contributed by atoms with Crippen LogP contribution in [0.3, 0.4) is 0 Å². The summed E-state index contributed by atoms with van der Waals surface area (Å²) in [6.07, 6.45) is 1.45. The third kappa shape index (κ3) is 9.16. The molecule has 2 rings (SSSR count). The van der Waals surface area contributed by atoms with E-state index in [4.69, 9.17) is 23.2 Å². The van der Waals surface area contributed by atoms with Gasteiger partial charge >= 0.3 is 0 Å². The molecule has 0 fully saturated rings. The highest BCUT2D eigenvalue weighted by Crippen LogP contribution is 2.25. The Morgan fingerprint density at radius 3 is 2.32 bits per heavy atom. The number of nitrogens with zero attached hydrogens (tertiary/aromatic N) is 2. The lowest BCUT2D eigenvalue weighted by Crippen LogP contribution is -2.49. The van der Waals surface area contributed by atoms with Crippen molar-refractivity contribution in [3.05, 3.63) is 63.9 Å². The van der Waals surface area contributed by atoms with Crippen molar-refractivity contribution in [2.75, 3.05) is 23.7 Å². The predicted molar refractivity (Wildman–Crippen MR) is 147 cm³/mol. The zero-order chi connectivity index (χ0) is 27.8. The second-order valence-corrected chi connectivity index (χ2v) is 11.9. The normalized spacial score (nSPS) is 12.3. The molecule has 2 aromatic carbocycles. The average molecular weight is 575 g/mol. The van der Waals surface area contributed by atoms with Crippen LogP contribution < -0.4 is 9.62 Å². The molecule has 0 heterocycles. The van der Waals surface area contributed by atoms with Crippen molar-refractivity contribution in [2.24, 2.45) is 5.92 Å². The average Bonchev–Trinajstić information content (AvgIpc) is 2.82. The number of hydrogen-bond donors (Lipinski definition) is 1. The van der Waals surface area contributed by atoms with Crippen molar-refractivity contribution in [1.82, 2.24) is 10.2 Å². The fourth-order valence-electron chi connectivity index (χ4n) is 3.81. The Morgan fingerprint density at radius 2 is 1.76 bits per heavy atom. The zero-order valence-corrected chi connectivity index (χ0v) is 23.8. The van der Waals surface area contributed by atoms with Crippen molar-refractivity contribution in [2.45, 2.75) is 52.6 Å². The number of carbonyl (C=O) groups excluding carboxylic acids is 2. The molecule has 0 saturated heterocycles. The first-order chi connectivity index (χ1) is 17.3. The first kappa shape index (κ1) is 30.9. The molecule has 2 amide bonds. The summed E-state index contributed by atoms with van der Waals surface area (Å²) in [6, 6.07) is 9.84. The van der Waals surface area contributed by atoms with Gasteiger partial charge in [-0.15, -0.1) is 0 Å². The van der Waals surface area contributed by atoms with E-state index in [1.807, 2.05) is 20.8 Å². The first-order valence-corrected chi connectivity index (χ1v) is 14.7. The topological polar surface area (TPSA) is 86.8 Å². The fourth-order valence-corrected chi connectivity index (χ4v) is 5.10. The Kier molecular flexibility index (Phi) is 11.7. The first-order valence-electron chi connectivity index (χ1n) is 12.1. The van der Waals surface area contributed by atoms with E-state index in [-0.39, 0.29) is 49.4 Å². The maximum atomic E-state index is 14.3. The maximum absolute atomic E-state index is 14.3. The smallest absolute Gasteiger partial charge is 0.242 e. The molecule has 0 spiro atoms. The van der Waals surface area contributed by atoms with E-state index in [0.717, 1.165) is 10.6 Å². The van der Waals surface area contributed by atoms with Crippen molar-refractivity contribution in [3.8, 4) is 0 Å². The minimum absolute atomic E-state index is 0.0459. The zero-order valence-electron chi connectivity index (χ0n) is 21.5. The van der Waals surface area contributed by atoms with Gasteiger partial charge in [-0.2, -0.15) is 0 Å². The molecule has 2 aromatic rings. The standard InChI is InChI=1S/C26H34Cl2FN3O4S/c1-5-23(26(34)30-16-18(2)3)31(17-19-12-13-20(27)21(28)15-19)25(33)11-8-14-32(37(4,35)36)24-10-7-6-9-22(24)29/h6-7,9-10,12-13,15,18,23H,5,8,11,14,16-17H2,1-4H3,(H,30,34)/t23-/m1/s1. The van der Waals surface area contributed by atoms with Crippen LogP contribution in [-0.4, -0.2) is 50.5 Å². The van der Waals surface area contributed by atoms with Gasteiger partial charge < -0.3 is 10.2 Å². The molecule has 11 heteroatoms. The van der Waals surface area contributed by atoms with E-state index in [1.54, 1.807) is 24.3 Å². The van der Waals surface area contributed by atoms with E-state index >= 15 is 0 Å². The summed E-state index contributed by atoms with van der Waals surface area (Å²) in [7, 11) is -3.79. The second kappa shape index (κ2) is 14.0. The number of amides is 2. The molecule has 0 aromatic heterocycles. The summed E-state index contributed by atoms with van der Waals surface area (Å²) in [5.74, 6) is -1.04. The molecule has 0 bridgehead atoms. The third-order valence-electron chi connectivity index (χ3n) is 5.68. The van der Waals surface area contributed by atoms with E-state index in [0.29, 0.717) is 28.6 Å². The van der Waals surface area contributed by atoms with E-state index in [2.05, 4.69) is 5.32 Å². The van der Waals surface area contributed by atoms with Gasteiger partial charge in [0, 0.05) is 26.1 Å². The number of para-hydroxylation sites is 1. The molecule has 1 N–H and O–H groups in total. The minimum Gasteiger partial charge on any atom is -0.354 e. The third-order valence-corrected chi connectivity index (χ3v) is 7.60. The van der Waals surface area contributed by atoms with Crippen molar-refractivity contribution < 1.29 is 22.4 Å². The lowest BCUT2D eigenvalue weighted by atomic mass is 10.1. The van der Waals surface area contributed by atoms with Gasteiger partial charge in [0.2, 0.25) is 21.8 Å². The fraction of sp³-hybridized carbons (Fsp3) is 0.462. The lowest BCUT2D eigenvalue weighted by molar-refractivity contribution is -0.141. The van der Waals surface area contributed by atoms with Crippen LogP contribution in [0.15, 0.2) is 42.5 Å². The Hall–Kier alpha value is -2.36. The molecule has 0 aliphatic carbocycles. The van der Waals surface area contributed by atoms with Gasteiger partial charge in [-0.05, 0) is 48.6 Å². The van der Waals surface area contributed by atoms with Gasteiger partial charge in [0.25, 0.3) is 0 Å². The van der Waals surface area contributed by atoms with Crippen molar-refractivity contribution in [1.29, 1.82) is 0 Å². The number of rotatable bonds is 13. The molecular weight excluding hydrogens is 540 g/mol. The molecule has 0 saturated carbocycles. The number of sulfonamides is 1. The van der Waals surface area contributed by atoms with Crippen LogP contribution in [0.1, 0.15) is 45.6 Å². The van der Waals surface area contributed by atoms with Gasteiger partial charge in [-0.3, -0.25) is 13.9 Å². The highest BCUT2D eigenvalue weighted by atomic mass is 35.5. The number of carbonyl (C=O) groups is 2. The summed E-state index contributed by atoms with van der Waals surface area (Å²) in [5.41, 5.74) is 0.617. The van der Waals surface area contributed by atoms with Gasteiger partial charge in [-0.1, -0.05) is 62.2 Å². The molecule has 0 aliphatic heterocycles. The van der Waals surface area contributed by atoms with Crippen LogP contribution in [0, 0.1) is 11.7 Å². The molecule has 1 atom stereocenters. The van der Waals surface area contributed by atoms with Crippen molar-refractivity contribution >= 4 is 50.7 Å². The molecule has 0 aliphatic rings. The molecule has 37 heavy (non-hydrogen) atoms. The monoisotopic (exact) mass is 573 g/mol. The predicted octanol–water partition coefficient (Wildman–Crippen LogP) is 5.26. The summed E-state index contributed by atoms with van der Waals surface area (Å²) < 4.78 is 40.0. The molecule has 0 unspecified atom stereocenters. The van der Waals surface area contributed by atoms with Crippen LogP contribution in [-0.2, 0) is 26.2 Å². The lowest BCUT2D eigenvalue weighted by Gasteiger charge is -2.31. The quantitative estimate of drug-likeness (QED) is 0.354. The summed E-state index contributed by atoms with van der Waals surface area (Å²) in [5, 5.41) is 3.59. The highest BCUT2D eigenvalue weighted by molar-refractivity contribution is 7.92. The summed E-state index contributed by atoms with van der Waals surface area (Å²) in [6.45, 7) is 6.26.